The minimum absolute atomic E-state index is 0.0517. The van der Waals surface area contributed by atoms with Crippen molar-refractivity contribution in [2.75, 3.05) is 6.54 Å². The molecule has 1 aliphatic rings. The van der Waals surface area contributed by atoms with E-state index in [1.165, 1.54) is 12.1 Å². The van der Waals surface area contributed by atoms with Crippen molar-refractivity contribution in [3.05, 3.63) is 65.9 Å². The van der Waals surface area contributed by atoms with Crippen molar-refractivity contribution >= 4 is 11.6 Å². The summed E-state index contributed by atoms with van der Waals surface area (Å²) in [5.74, 6) is -0.0384. The highest BCUT2D eigenvalue weighted by atomic mass is 19.1. The first kappa shape index (κ1) is 14.8. The van der Waals surface area contributed by atoms with Crippen molar-refractivity contribution in [1.82, 2.24) is 19.5 Å². The smallest absolute Gasteiger partial charge is 0.255 e. The molecule has 1 amide bonds. The lowest BCUT2D eigenvalue weighted by Gasteiger charge is -2.27. The van der Waals surface area contributed by atoms with Gasteiger partial charge in [0.25, 0.3) is 5.91 Å². The monoisotopic (exact) mass is 324 g/mol. The van der Waals surface area contributed by atoms with Crippen LogP contribution in [-0.2, 0) is 0 Å². The molecule has 122 valence electrons. The Morgan fingerprint density at radius 1 is 1.29 bits per heavy atom. The number of nitrogens with zero attached hydrogens (tertiary/aromatic N) is 4. The van der Waals surface area contributed by atoms with Gasteiger partial charge in [-0.25, -0.2) is 4.39 Å². The molecule has 1 aromatic carbocycles. The maximum absolute atomic E-state index is 13.6. The second-order valence-electron chi connectivity index (χ2n) is 6.28. The van der Waals surface area contributed by atoms with E-state index in [4.69, 9.17) is 0 Å². The van der Waals surface area contributed by atoms with Crippen LogP contribution in [0.5, 0.6) is 0 Å². The van der Waals surface area contributed by atoms with Gasteiger partial charge < -0.3 is 4.90 Å². The van der Waals surface area contributed by atoms with Crippen LogP contribution in [0, 0.1) is 11.7 Å². The van der Waals surface area contributed by atoms with Crippen molar-refractivity contribution in [3.8, 4) is 0 Å². The summed E-state index contributed by atoms with van der Waals surface area (Å²) in [5, 5.41) is 7.78. The second kappa shape index (κ2) is 5.70. The molecule has 0 N–H and O–H groups in total. The van der Waals surface area contributed by atoms with Crippen LogP contribution in [0.1, 0.15) is 35.3 Å². The molecular weight excluding hydrogens is 307 g/mol. The van der Waals surface area contributed by atoms with Crippen LogP contribution < -0.4 is 0 Å². The van der Waals surface area contributed by atoms with E-state index in [1.807, 2.05) is 11.0 Å². The molecule has 6 heteroatoms. The van der Waals surface area contributed by atoms with Crippen molar-refractivity contribution in [1.29, 1.82) is 0 Å². The Hall–Kier alpha value is -2.76. The molecule has 0 aliphatic carbocycles. The molecule has 0 radical (unpaired) electrons. The number of amides is 1. The van der Waals surface area contributed by atoms with Crippen LogP contribution in [0.4, 0.5) is 4.39 Å². The third kappa shape index (κ3) is 2.44. The highest BCUT2D eigenvalue weighted by molar-refractivity contribution is 5.94. The van der Waals surface area contributed by atoms with Crippen molar-refractivity contribution in [3.63, 3.8) is 0 Å². The maximum Gasteiger partial charge on any atom is 0.255 e. The van der Waals surface area contributed by atoms with E-state index in [9.17, 15) is 9.18 Å². The predicted molar refractivity (Wildman–Crippen MR) is 86.9 cm³/mol. The van der Waals surface area contributed by atoms with E-state index in [0.717, 1.165) is 12.0 Å². The lowest BCUT2D eigenvalue weighted by molar-refractivity contribution is 0.0720. The molecular formula is C18H17FN4O. The topological polar surface area (TPSA) is 50.5 Å². The van der Waals surface area contributed by atoms with E-state index >= 15 is 0 Å². The molecule has 2 atom stereocenters. The zero-order valence-corrected chi connectivity index (χ0v) is 13.3. The first-order chi connectivity index (χ1) is 11.6. The number of hydrogen-bond acceptors (Lipinski definition) is 3. The summed E-state index contributed by atoms with van der Waals surface area (Å²) in [7, 11) is 0. The Labute approximate surface area is 138 Å². The SMILES string of the molecule is C[C@H]1CCN(C(=O)c2ccc3nncn3c2)[C@@H]1c1cccc(F)c1. The van der Waals surface area contributed by atoms with Crippen molar-refractivity contribution < 1.29 is 9.18 Å². The van der Waals surface area contributed by atoms with Gasteiger partial charge in [0.05, 0.1) is 11.6 Å². The standard InChI is InChI=1S/C18H17FN4O/c1-12-7-8-23(17(12)13-3-2-4-15(19)9-13)18(24)14-5-6-16-21-20-11-22(16)10-14/h2-6,9-12,17H,7-8H2,1H3/t12-,17-/m0/s1. The van der Waals surface area contributed by atoms with E-state index in [0.29, 0.717) is 17.8 Å². The number of likely N-dealkylation sites (tertiary alicyclic amines) is 1. The molecule has 5 nitrogen and oxygen atoms in total. The van der Waals surface area contributed by atoms with Gasteiger partial charge in [-0.2, -0.15) is 0 Å². The molecule has 1 fully saturated rings. The zero-order chi connectivity index (χ0) is 16.7. The fourth-order valence-electron chi connectivity index (χ4n) is 3.49. The van der Waals surface area contributed by atoms with Gasteiger partial charge in [-0.3, -0.25) is 9.20 Å². The molecule has 24 heavy (non-hydrogen) atoms. The number of fused-ring (bicyclic) bond motifs is 1. The summed E-state index contributed by atoms with van der Waals surface area (Å²) in [6.07, 6.45) is 4.22. The summed E-state index contributed by atoms with van der Waals surface area (Å²) in [6, 6.07) is 9.96. The average molecular weight is 324 g/mol. The third-order valence-electron chi connectivity index (χ3n) is 4.69. The molecule has 0 saturated carbocycles. The van der Waals surface area contributed by atoms with E-state index in [1.54, 1.807) is 35.1 Å². The Morgan fingerprint density at radius 3 is 3.00 bits per heavy atom. The normalized spacial score (nSPS) is 20.7. The number of benzene rings is 1. The Kier molecular flexibility index (Phi) is 3.52. The van der Waals surface area contributed by atoms with Crippen LogP contribution >= 0.6 is 0 Å². The molecule has 3 aromatic rings. The number of carbonyl (C=O) groups excluding carboxylic acids is 1. The number of aromatic nitrogens is 3. The van der Waals surface area contributed by atoms with Gasteiger partial charge in [-0.05, 0) is 42.2 Å². The number of halogens is 1. The molecule has 0 unspecified atom stereocenters. The molecule has 2 aromatic heterocycles. The van der Waals surface area contributed by atoms with Crippen LogP contribution in [0.3, 0.4) is 0 Å². The van der Waals surface area contributed by atoms with Crippen LogP contribution in [0.25, 0.3) is 5.65 Å². The Balaban J connectivity index is 1.69. The first-order valence-corrected chi connectivity index (χ1v) is 7.99. The zero-order valence-electron chi connectivity index (χ0n) is 13.3. The molecule has 3 heterocycles. The molecule has 1 saturated heterocycles. The number of rotatable bonds is 2. The van der Waals surface area contributed by atoms with Crippen LogP contribution in [0.2, 0.25) is 0 Å². The number of pyridine rings is 1. The highest BCUT2D eigenvalue weighted by Gasteiger charge is 2.36. The highest BCUT2D eigenvalue weighted by Crippen LogP contribution is 2.38. The van der Waals surface area contributed by atoms with Gasteiger partial charge in [-0.15, -0.1) is 10.2 Å². The van der Waals surface area contributed by atoms with Gasteiger partial charge in [-0.1, -0.05) is 19.1 Å². The largest absolute Gasteiger partial charge is 0.331 e. The fraction of sp³-hybridized carbons (Fsp3) is 0.278. The molecule has 1 aliphatic heterocycles. The van der Waals surface area contributed by atoms with Crippen LogP contribution in [-0.4, -0.2) is 31.9 Å². The van der Waals surface area contributed by atoms with Gasteiger partial charge in [0.2, 0.25) is 0 Å². The quantitative estimate of drug-likeness (QED) is 0.728. The number of carbonyl (C=O) groups is 1. The van der Waals surface area contributed by atoms with E-state index in [-0.39, 0.29) is 23.7 Å². The number of hydrogen-bond donors (Lipinski definition) is 0. The van der Waals surface area contributed by atoms with E-state index < -0.39 is 0 Å². The Morgan fingerprint density at radius 2 is 2.17 bits per heavy atom. The average Bonchev–Trinajstić information content (AvgIpc) is 3.19. The lowest BCUT2D eigenvalue weighted by atomic mass is 9.95. The summed E-state index contributed by atoms with van der Waals surface area (Å²) in [6.45, 7) is 2.77. The van der Waals surface area contributed by atoms with E-state index in [2.05, 4.69) is 17.1 Å². The second-order valence-corrected chi connectivity index (χ2v) is 6.28. The van der Waals surface area contributed by atoms with Gasteiger partial charge in [0, 0.05) is 12.7 Å². The van der Waals surface area contributed by atoms with Gasteiger partial charge >= 0.3 is 0 Å². The Bertz CT molecular complexity index is 907. The summed E-state index contributed by atoms with van der Waals surface area (Å²) in [5.41, 5.74) is 2.12. The van der Waals surface area contributed by atoms with Crippen molar-refractivity contribution in [2.24, 2.45) is 5.92 Å². The van der Waals surface area contributed by atoms with Crippen molar-refractivity contribution in [2.45, 2.75) is 19.4 Å². The van der Waals surface area contributed by atoms with Gasteiger partial charge in [0.15, 0.2) is 5.65 Å². The first-order valence-electron chi connectivity index (χ1n) is 7.99. The third-order valence-corrected chi connectivity index (χ3v) is 4.69. The predicted octanol–water partition coefficient (Wildman–Crippen LogP) is 3.09. The minimum Gasteiger partial charge on any atom is -0.331 e. The summed E-state index contributed by atoms with van der Waals surface area (Å²) >= 11 is 0. The molecule has 4 rings (SSSR count). The fourth-order valence-corrected chi connectivity index (χ4v) is 3.49. The lowest BCUT2D eigenvalue weighted by Crippen LogP contribution is -2.32. The van der Waals surface area contributed by atoms with Gasteiger partial charge in [0.1, 0.15) is 12.1 Å². The molecule has 0 bridgehead atoms. The maximum atomic E-state index is 13.6. The van der Waals surface area contributed by atoms with Crippen LogP contribution in [0.15, 0.2) is 48.9 Å². The summed E-state index contributed by atoms with van der Waals surface area (Å²) < 4.78 is 15.3. The minimum atomic E-state index is -0.273. The summed E-state index contributed by atoms with van der Waals surface area (Å²) in [4.78, 5) is 14.8. The molecule has 0 spiro atoms.